The Kier molecular flexibility index (Phi) is 4.08. The van der Waals surface area contributed by atoms with Gasteiger partial charge in [0.2, 0.25) is 0 Å². The number of hydrogen-bond acceptors (Lipinski definition) is 2. The fourth-order valence-corrected chi connectivity index (χ4v) is 2.72. The van der Waals surface area contributed by atoms with Gasteiger partial charge in [-0.3, -0.25) is 4.79 Å². The Hall–Kier alpha value is -1.47. The largest absolute Gasteiger partial charge is 0.481 e. The summed E-state index contributed by atoms with van der Waals surface area (Å²) in [5.74, 6) is -1.33. The molecule has 5 nitrogen and oxygen atoms in total. The van der Waals surface area contributed by atoms with Crippen LogP contribution in [0.3, 0.4) is 0 Å². The summed E-state index contributed by atoms with van der Waals surface area (Å²) in [4.78, 5) is 23.9. The number of carboxylic acids is 1. The third kappa shape index (κ3) is 3.24. The molecule has 2 atom stereocenters. The van der Waals surface area contributed by atoms with E-state index >= 15 is 0 Å². The molecule has 8 heteroatoms. The first-order chi connectivity index (χ1) is 9.65. The molecule has 2 unspecified atom stereocenters. The second-order valence-corrected chi connectivity index (χ2v) is 6.09. The van der Waals surface area contributed by atoms with E-state index in [1.807, 2.05) is 0 Å². The van der Waals surface area contributed by atoms with Crippen molar-refractivity contribution in [3.63, 3.8) is 0 Å². The van der Waals surface area contributed by atoms with Gasteiger partial charge in [-0.1, -0.05) is 12.8 Å². The molecule has 1 aliphatic heterocycles. The van der Waals surface area contributed by atoms with Crippen LogP contribution in [0.2, 0.25) is 0 Å². The zero-order valence-electron chi connectivity index (χ0n) is 11.7. The molecule has 0 bridgehead atoms. The van der Waals surface area contributed by atoms with Crippen molar-refractivity contribution in [1.29, 1.82) is 0 Å². The van der Waals surface area contributed by atoms with Gasteiger partial charge in [-0.05, 0) is 25.7 Å². The molecule has 1 saturated heterocycles. The van der Waals surface area contributed by atoms with E-state index in [-0.39, 0.29) is 12.6 Å². The van der Waals surface area contributed by atoms with E-state index in [0.29, 0.717) is 5.92 Å². The zero-order chi connectivity index (χ0) is 15.8. The number of urea groups is 1. The zero-order valence-corrected chi connectivity index (χ0v) is 11.7. The van der Waals surface area contributed by atoms with Gasteiger partial charge in [-0.2, -0.15) is 13.2 Å². The highest BCUT2D eigenvalue weighted by atomic mass is 19.4. The van der Waals surface area contributed by atoms with Crippen LogP contribution in [0, 0.1) is 11.3 Å². The van der Waals surface area contributed by atoms with E-state index in [1.54, 1.807) is 6.92 Å². The topological polar surface area (TPSA) is 69.6 Å². The number of aliphatic carboxylic acids is 1. The first kappa shape index (κ1) is 15.9. The molecule has 0 aromatic heterocycles. The number of halogens is 3. The maximum atomic E-state index is 13.0. The summed E-state index contributed by atoms with van der Waals surface area (Å²) in [7, 11) is 0. The summed E-state index contributed by atoms with van der Waals surface area (Å²) in [6.45, 7) is 0.780. The SMILES string of the molecule is CC(CC1CC1)NC(=O)N1CCC(C(=O)O)(C(F)(F)F)C1. The Bertz CT molecular complexity index is 437. The second-order valence-electron chi connectivity index (χ2n) is 6.09. The second kappa shape index (κ2) is 5.38. The fourth-order valence-electron chi connectivity index (χ4n) is 2.72. The van der Waals surface area contributed by atoms with Gasteiger partial charge in [0.25, 0.3) is 0 Å². The van der Waals surface area contributed by atoms with Crippen LogP contribution >= 0.6 is 0 Å². The lowest BCUT2D eigenvalue weighted by atomic mass is 9.86. The molecule has 2 rings (SSSR count). The smallest absolute Gasteiger partial charge is 0.406 e. The molecule has 0 spiro atoms. The van der Waals surface area contributed by atoms with Gasteiger partial charge >= 0.3 is 18.2 Å². The minimum atomic E-state index is -4.87. The Morgan fingerprint density at radius 3 is 2.48 bits per heavy atom. The Labute approximate surface area is 120 Å². The lowest BCUT2D eigenvalue weighted by molar-refractivity contribution is -0.226. The van der Waals surface area contributed by atoms with Crippen LogP contribution in [0.5, 0.6) is 0 Å². The number of likely N-dealkylation sites (tertiary alicyclic amines) is 1. The van der Waals surface area contributed by atoms with Crippen LogP contribution in [0.15, 0.2) is 0 Å². The Morgan fingerprint density at radius 1 is 1.43 bits per heavy atom. The molecule has 1 heterocycles. The van der Waals surface area contributed by atoms with Crippen molar-refractivity contribution in [2.24, 2.45) is 11.3 Å². The van der Waals surface area contributed by atoms with Crippen molar-refractivity contribution in [3.8, 4) is 0 Å². The normalized spacial score (nSPS) is 27.5. The predicted octanol–water partition coefficient (Wildman–Crippen LogP) is 2.22. The minimum Gasteiger partial charge on any atom is -0.481 e. The van der Waals surface area contributed by atoms with Gasteiger partial charge < -0.3 is 15.3 Å². The van der Waals surface area contributed by atoms with E-state index in [4.69, 9.17) is 5.11 Å². The van der Waals surface area contributed by atoms with Crippen LogP contribution in [-0.4, -0.2) is 47.3 Å². The van der Waals surface area contributed by atoms with E-state index in [0.717, 1.165) is 24.2 Å². The summed E-state index contributed by atoms with van der Waals surface area (Å²) < 4.78 is 39.0. The van der Waals surface area contributed by atoms with Gasteiger partial charge in [0.1, 0.15) is 0 Å². The third-order valence-electron chi connectivity index (χ3n) is 4.26. The molecule has 2 fully saturated rings. The van der Waals surface area contributed by atoms with Gasteiger partial charge in [-0.15, -0.1) is 0 Å². The monoisotopic (exact) mass is 308 g/mol. The number of carbonyl (C=O) groups excluding carboxylic acids is 1. The number of rotatable bonds is 4. The average molecular weight is 308 g/mol. The number of nitrogens with one attached hydrogen (secondary N) is 1. The first-order valence-electron chi connectivity index (χ1n) is 7.01. The molecule has 0 aromatic carbocycles. The van der Waals surface area contributed by atoms with Crippen LogP contribution in [0.4, 0.5) is 18.0 Å². The Morgan fingerprint density at radius 2 is 2.05 bits per heavy atom. The molecule has 1 aliphatic carbocycles. The van der Waals surface area contributed by atoms with Crippen LogP contribution in [0.25, 0.3) is 0 Å². The number of nitrogens with zero attached hydrogens (tertiary/aromatic N) is 1. The molecule has 0 radical (unpaired) electrons. The maximum Gasteiger partial charge on any atom is 0.406 e. The minimum absolute atomic E-state index is 0.115. The number of amides is 2. The third-order valence-corrected chi connectivity index (χ3v) is 4.26. The Balaban J connectivity index is 1.96. The molecule has 21 heavy (non-hydrogen) atoms. The molecule has 2 aliphatic rings. The predicted molar refractivity (Wildman–Crippen MR) is 67.6 cm³/mol. The quantitative estimate of drug-likeness (QED) is 0.836. The molecule has 120 valence electrons. The number of carbonyl (C=O) groups is 2. The summed E-state index contributed by atoms with van der Waals surface area (Å²) in [5.41, 5.74) is -2.84. The lowest BCUT2D eigenvalue weighted by Gasteiger charge is -2.27. The summed E-state index contributed by atoms with van der Waals surface area (Å²) in [6, 6.07) is -0.730. The molecular formula is C13H19F3N2O3. The van der Waals surface area contributed by atoms with Crippen LogP contribution in [0.1, 0.15) is 32.6 Å². The van der Waals surface area contributed by atoms with Crippen molar-refractivity contribution in [3.05, 3.63) is 0 Å². The first-order valence-corrected chi connectivity index (χ1v) is 7.01. The maximum absolute atomic E-state index is 13.0. The van der Waals surface area contributed by atoms with E-state index in [9.17, 15) is 22.8 Å². The van der Waals surface area contributed by atoms with Gasteiger partial charge in [-0.25, -0.2) is 4.79 Å². The summed E-state index contributed by atoms with van der Waals surface area (Å²) in [5, 5.41) is 11.6. The van der Waals surface area contributed by atoms with Crippen LogP contribution < -0.4 is 5.32 Å². The van der Waals surface area contributed by atoms with Crippen molar-refractivity contribution >= 4 is 12.0 Å². The highest BCUT2D eigenvalue weighted by Crippen LogP contribution is 2.45. The van der Waals surface area contributed by atoms with Gasteiger partial charge in [0.15, 0.2) is 5.41 Å². The van der Waals surface area contributed by atoms with Crippen LogP contribution in [-0.2, 0) is 4.79 Å². The lowest BCUT2D eigenvalue weighted by Crippen LogP contribution is -2.49. The molecule has 2 N–H and O–H groups in total. The fraction of sp³-hybridized carbons (Fsp3) is 0.846. The molecular weight excluding hydrogens is 289 g/mol. The summed E-state index contributed by atoms with van der Waals surface area (Å²) >= 11 is 0. The van der Waals surface area contributed by atoms with E-state index in [1.165, 1.54) is 0 Å². The highest BCUT2D eigenvalue weighted by molar-refractivity contribution is 5.80. The number of hydrogen-bond donors (Lipinski definition) is 2. The molecule has 0 aromatic rings. The van der Waals surface area contributed by atoms with E-state index < -0.39 is 36.6 Å². The number of alkyl halides is 3. The van der Waals surface area contributed by atoms with Gasteiger partial charge in [0, 0.05) is 19.1 Å². The van der Waals surface area contributed by atoms with Crippen molar-refractivity contribution in [1.82, 2.24) is 10.2 Å². The van der Waals surface area contributed by atoms with E-state index in [2.05, 4.69) is 5.32 Å². The van der Waals surface area contributed by atoms with Crippen molar-refractivity contribution < 1.29 is 27.9 Å². The molecule has 1 saturated carbocycles. The number of carboxylic acid groups (broad SMARTS) is 1. The average Bonchev–Trinajstić information content (AvgIpc) is 3.02. The summed E-state index contributed by atoms with van der Waals surface area (Å²) in [6.07, 6.45) is -2.41. The standard InChI is InChI=1S/C13H19F3N2O3/c1-8(6-9-2-3-9)17-11(21)18-5-4-12(7-18,10(19)20)13(14,15)16/h8-9H,2-7H2,1H3,(H,17,21)(H,19,20). The van der Waals surface area contributed by atoms with Crippen molar-refractivity contribution in [2.45, 2.75) is 44.8 Å². The van der Waals surface area contributed by atoms with Crippen molar-refractivity contribution in [2.75, 3.05) is 13.1 Å². The van der Waals surface area contributed by atoms with Gasteiger partial charge in [0.05, 0.1) is 0 Å². The highest BCUT2D eigenvalue weighted by Gasteiger charge is 2.64. The molecule has 2 amide bonds.